The monoisotopic (exact) mass is 184 g/mol. The van der Waals surface area contributed by atoms with Gasteiger partial charge >= 0.3 is 0 Å². The van der Waals surface area contributed by atoms with Gasteiger partial charge in [0.25, 0.3) is 0 Å². The van der Waals surface area contributed by atoms with Crippen LogP contribution in [0, 0.1) is 0 Å². The predicted octanol–water partition coefficient (Wildman–Crippen LogP) is 1.86. The van der Waals surface area contributed by atoms with Gasteiger partial charge in [-0.05, 0) is 45.4 Å². The van der Waals surface area contributed by atoms with Crippen LogP contribution in [0.15, 0.2) is 0 Å². The third kappa shape index (κ3) is 4.10. The molecule has 0 aromatic carbocycles. The van der Waals surface area contributed by atoms with Gasteiger partial charge in [-0.15, -0.1) is 0 Å². The highest BCUT2D eigenvalue weighted by Gasteiger charge is 2.16. The van der Waals surface area contributed by atoms with Gasteiger partial charge in [-0.2, -0.15) is 0 Å². The molecule has 1 rings (SSSR count). The van der Waals surface area contributed by atoms with Crippen LogP contribution in [0.25, 0.3) is 0 Å². The third-order valence-corrected chi connectivity index (χ3v) is 2.91. The van der Waals surface area contributed by atoms with Crippen molar-refractivity contribution in [3.8, 4) is 0 Å². The zero-order chi connectivity index (χ0) is 9.52. The van der Waals surface area contributed by atoms with Crippen molar-refractivity contribution < 1.29 is 0 Å². The third-order valence-electron chi connectivity index (χ3n) is 2.91. The summed E-state index contributed by atoms with van der Waals surface area (Å²) in [5.41, 5.74) is 0. The lowest BCUT2D eigenvalue weighted by atomic mass is 10.0. The summed E-state index contributed by atoms with van der Waals surface area (Å²) in [6, 6.07) is 0.794. The van der Waals surface area contributed by atoms with Crippen LogP contribution in [0.1, 0.15) is 39.5 Å². The van der Waals surface area contributed by atoms with E-state index in [1.165, 1.54) is 45.3 Å². The van der Waals surface area contributed by atoms with Crippen molar-refractivity contribution in [2.75, 3.05) is 26.2 Å². The van der Waals surface area contributed by atoms with Gasteiger partial charge in [-0.3, -0.25) is 0 Å². The number of likely N-dealkylation sites (tertiary alicyclic amines) is 1. The molecule has 0 aromatic rings. The molecular weight excluding hydrogens is 160 g/mol. The zero-order valence-electron chi connectivity index (χ0n) is 9.18. The van der Waals surface area contributed by atoms with E-state index in [9.17, 15) is 0 Å². The SMILES string of the molecule is CCCCN1CCC(NCC)CC1. The Morgan fingerprint density at radius 2 is 1.92 bits per heavy atom. The first-order chi connectivity index (χ1) is 6.36. The van der Waals surface area contributed by atoms with Crippen LogP contribution in [0.2, 0.25) is 0 Å². The molecular formula is C11H24N2. The van der Waals surface area contributed by atoms with Crippen molar-refractivity contribution in [1.29, 1.82) is 0 Å². The normalized spacial score (nSPS) is 20.8. The van der Waals surface area contributed by atoms with Crippen LogP contribution >= 0.6 is 0 Å². The Hall–Kier alpha value is -0.0800. The standard InChI is InChI=1S/C11H24N2/c1-3-5-8-13-9-6-11(7-10-13)12-4-2/h11-12H,3-10H2,1-2H3. The van der Waals surface area contributed by atoms with Crippen molar-refractivity contribution in [3.63, 3.8) is 0 Å². The highest BCUT2D eigenvalue weighted by atomic mass is 15.1. The lowest BCUT2D eigenvalue weighted by Crippen LogP contribution is -2.42. The molecule has 0 radical (unpaired) electrons. The first kappa shape index (κ1) is 11.0. The summed E-state index contributed by atoms with van der Waals surface area (Å²) in [4.78, 5) is 2.61. The second-order valence-corrected chi connectivity index (χ2v) is 4.03. The van der Waals surface area contributed by atoms with Crippen LogP contribution in [0.4, 0.5) is 0 Å². The lowest BCUT2D eigenvalue weighted by molar-refractivity contribution is 0.196. The Kier molecular flexibility index (Phi) is 5.40. The molecule has 0 spiro atoms. The second kappa shape index (κ2) is 6.39. The van der Waals surface area contributed by atoms with Crippen LogP contribution < -0.4 is 5.32 Å². The second-order valence-electron chi connectivity index (χ2n) is 4.03. The summed E-state index contributed by atoms with van der Waals surface area (Å²) in [5.74, 6) is 0. The highest BCUT2D eigenvalue weighted by molar-refractivity contribution is 4.76. The summed E-state index contributed by atoms with van der Waals surface area (Å²) in [6.07, 6.45) is 5.38. The van der Waals surface area contributed by atoms with E-state index in [0.29, 0.717) is 0 Å². The van der Waals surface area contributed by atoms with Gasteiger partial charge in [-0.25, -0.2) is 0 Å². The molecule has 0 aromatic heterocycles. The van der Waals surface area contributed by atoms with Crippen molar-refractivity contribution in [1.82, 2.24) is 10.2 Å². The summed E-state index contributed by atoms with van der Waals surface area (Å²) in [7, 11) is 0. The Morgan fingerprint density at radius 3 is 2.46 bits per heavy atom. The number of unbranched alkanes of at least 4 members (excludes halogenated alkanes) is 1. The van der Waals surface area contributed by atoms with Crippen LogP contribution in [-0.4, -0.2) is 37.1 Å². The lowest BCUT2D eigenvalue weighted by Gasteiger charge is -2.32. The van der Waals surface area contributed by atoms with E-state index >= 15 is 0 Å². The summed E-state index contributed by atoms with van der Waals surface area (Å²) < 4.78 is 0. The number of hydrogen-bond acceptors (Lipinski definition) is 2. The maximum atomic E-state index is 3.53. The average molecular weight is 184 g/mol. The highest BCUT2D eigenvalue weighted by Crippen LogP contribution is 2.10. The van der Waals surface area contributed by atoms with Gasteiger partial charge in [-0.1, -0.05) is 20.3 Å². The van der Waals surface area contributed by atoms with Gasteiger partial charge in [0.15, 0.2) is 0 Å². The van der Waals surface area contributed by atoms with Crippen LogP contribution in [-0.2, 0) is 0 Å². The summed E-state index contributed by atoms with van der Waals surface area (Å²) >= 11 is 0. The quantitative estimate of drug-likeness (QED) is 0.701. The van der Waals surface area contributed by atoms with Crippen molar-refractivity contribution in [3.05, 3.63) is 0 Å². The van der Waals surface area contributed by atoms with E-state index in [2.05, 4.69) is 24.1 Å². The molecule has 0 unspecified atom stereocenters. The Labute approximate surface area is 82.7 Å². The average Bonchev–Trinajstić information content (AvgIpc) is 2.17. The maximum Gasteiger partial charge on any atom is 0.00912 e. The van der Waals surface area contributed by atoms with Gasteiger partial charge in [0.2, 0.25) is 0 Å². The predicted molar refractivity (Wildman–Crippen MR) is 58.0 cm³/mol. The van der Waals surface area contributed by atoms with Crippen molar-refractivity contribution >= 4 is 0 Å². The van der Waals surface area contributed by atoms with E-state index in [1.807, 2.05) is 0 Å². The topological polar surface area (TPSA) is 15.3 Å². The molecule has 2 heteroatoms. The van der Waals surface area contributed by atoms with E-state index in [1.54, 1.807) is 0 Å². The number of rotatable bonds is 5. The number of nitrogens with zero attached hydrogens (tertiary/aromatic N) is 1. The zero-order valence-corrected chi connectivity index (χ0v) is 9.18. The van der Waals surface area contributed by atoms with Gasteiger partial charge < -0.3 is 10.2 Å². The minimum Gasteiger partial charge on any atom is -0.314 e. The Bertz CT molecular complexity index is 117. The first-order valence-electron chi connectivity index (χ1n) is 5.82. The van der Waals surface area contributed by atoms with E-state index < -0.39 is 0 Å². The first-order valence-corrected chi connectivity index (χ1v) is 5.82. The summed E-state index contributed by atoms with van der Waals surface area (Å²) in [6.45, 7) is 9.51. The number of hydrogen-bond donors (Lipinski definition) is 1. The molecule has 1 fully saturated rings. The van der Waals surface area contributed by atoms with Crippen molar-refractivity contribution in [2.24, 2.45) is 0 Å². The molecule has 0 amide bonds. The molecule has 78 valence electrons. The maximum absolute atomic E-state index is 3.53. The fraction of sp³-hybridized carbons (Fsp3) is 1.00. The van der Waals surface area contributed by atoms with Gasteiger partial charge in [0, 0.05) is 6.04 Å². The molecule has 0 bridgehead atoms. The fourth-order valence-corrected chi connectivity index (χ4v) is 2.03. The number of nitrogens with one attached hydrogen (secondary N) is 1. The minimum absolute atomic E-state index is 0.794. The minimum atomic E-state index is 0.794. The number of piperidine rings is 1. The molecule has 1 N–H and O–H groups in total. The summed E-state index contributed by atoms with van der Waals surface area (Å²) in [5, 5.41) is 3.53. The van der Waals surface area contributed by atoms with Gasteiger partial charge in [0.05, 0.1) is 0 Å². The van der Waals surface area contributed by atoms with E-state index in [0.717, 1.165) is 12.6 Å². The van der Waals surface area contributed by atoms with Crippen molar-refractivity contribution in [2.45, 2.75) is 45.6 Å². The van der Waals surface area contributed by atoms with Gasteiger partial charge in [0.1, 0.15) is 0 Å². The molecule has 1 saturated heterocycles. The molecule has 0 atom stereocenters. The molecule has 13 heavy (non-hydrogen) atoms. The fourth-order valence-electron chi connectivity index (χ4n) is 2.03. The molecule has 0 saturated carbocycles. The largest absolute Gasteiger partial charge is 0.314 e. The molecule has 0 aliphatic carbocycles. The molecule has 2 nitrogen and oxygen atoms in total. The Morgan fingerprint density at radius 1 is 1.23 bits per heavy atom. The molecule has 1 aliphatic heterocycles. The van der Waals surface area contributed by atoms with Crippen LogP contribution in [0.5, 0.6) is 0 Å². The smallest absolute Gasteiger partial charge is 0.00912 e. The van der Waals surface area contributed by atoms with Crippen LogP contribution in [0.3, 0.4) is 0 Å². The molecule has 1 aliphatic rings. The van der Waals surface area contributed by atoms with E-state index in [-0.39, 0.29) is 0 Å². The molecule has 1 heterocycles. The Balaban J connectivity index is 2.08. The van der Waals surface area contributed by atoms with E-state index in [4.69, 9.17) is 0 Å².